The Bertz CT molecular complexity index is 756. The van der Waals surface area contributed by atoms with Crippen LogP contribution in [0.15, 0.2) is 54.6 Å². The van der Waals surface area contributed by atoms with Crippen LogP contribution < -0.4 is 0 Å². The van der Waals surface area contributed by atoms with E-state index in [1.165, 1.54) is 5.56 Å². The number of nitrogens with zero attached hydrogens (tertiary/aromatic N) is 1. The molecule has 1 unspecified atom stereocenters. The number of ether oxygens (including phenoxy) is 2. The number of benzene rings is 2. The molecule has 4 rings (SSSR count). The van der Waals surface area contributed by atoms with Gasteiger partial charge in [-0.1, -0.05) is 61.5 Å². The zero-order valence-electron chi connectivity index (χ0n) is 15.9. The zero-order chi connectivity index (χ0) is 18.7. The Morgan fingerprint density at radius 1 is 0.963 bits per heavy atom. The predicted molar refractivity (Wildman–Crippen MR) is 105 cm³/mol. The number of ketones is 1. The van der Waals surface area contributed by atoms with Crippen LogP contribution in [0.25, 0.3) is 0 Å². The molecule has 0 radical (unpaired) electrons. The highest BCUT2D eigenvalue weighted by Gasteiger charge is 2.39. The molecule has 27 heavy (non-hydrogen) atoms. The van der Waals surface area contributed by atoms with E-state index in [4.69, 9.17) is 9.47 Å². The van der Waals surface area contributed by atoms with Gasteiger partial charge in [-0.15, -0.1) is 0 Å². The first-order valence-electron chi connectivity index (χ1n) is 9.85. The lowest BCUT2D eigenvalue weighted by Gasteiger charge is -2.38. The van der Waals surface area contributed by atoms with E-state index in [0.29, 0.717) is 5.92 Å². The molecule has 2 heterocycles. The van der Waals surface area contributed by atoms with Crippen molar-refractivity contribution in [3.8, 4) is 0 Å². The first kappa shape index (κ1) is 18.4. The molecule has 0 amide bonds. The standard InChI is InChI=1S/C23H27NO3/c1-18(17-24-13-11-23(12-14-24)26-15-16-27-23)19-7-9-21(10-8-19)22(25)20-5-3-2-4-6-20/h2-10,18H,11-17H2,1H3. The normalized spacial score (nSPS) is 20.6. The van der Waals surface area contributed by atoms with Crippen LogP contribution >= 0.6 is 0 Å². The fourth-order valence-corrected chi connectivity index (χ4v) is 4.07. The minimum absolute atomic E-state index is 0.0766. The van der Waals surface area contributed by atoms with E-state index in [1.54, 1.807) is 0 Å². The lowest BCUT2D eigenvalue weighted by Crippen LogP contribution is -2.46. The molecule has 1 spiro atoms. The maximum Gasteiger partial charge on any atom is 0.193 e. The van der Waals surface area contributed by atoms with Gasteiger partial charge in [0, 0.05) is 43.6 Å². The Morgan fingerprint density at radius 3 is 2.19 bits per heavy atom. The minimum Gasteiger partial charge on any atom is -0.347 e. The molecule has 1 atom stereocenters. The third-order valence-corrected chi connectivity index (χ3v) is 5.74. The fourth-order valence-electron chi connectivity index (χ4n) is 4.07. The lowest BCUT2D eigenvalue weighted by atomic mass is 9.95. The molecule has 2 aromatic carbocycles. The maximum atomic E-state index is 12.5. The van der Waals surface area contributed by atoms with Gasteiger partial charge in [0.25, 0.3) is 0 Å². The van der Waals surface area contributed by atoms with E-state index in [-0.39, 0.29) is 11.6 Å². The summed E-state index contributed by atoms with van der Waals surface area (Å²) in [5.41, 5.74) is 2.75. The second kappa shape index (κ2) is 7.93. The summed E-state index contributed by atoms with van der Waals surface area (Å²) in [5.74, 6) is 0.192. The molecule has 2 fully saturated rings. The quantitative estimate of drug-likeness (QED) is 0.754. The van der Waals surface area contributed by atoms with Crippen molar-refractivity contribution >= 4 is 5.78 Å². The van der Waals surface area contributed by atoms with E-state index in [0.717, 1.165) is 56.8 Å². The maximum absolute atomic E-state index is 12.5. The van der Waals surface area contributed by atoms with E-state index in [1.807, 2.05) is 42.5 Å². The van der Waals surface area contributed by atoms with Crippen LogP contribution in [0.5, 0.6) is 0 Å². The van der Waals surface area contributed by atoms with Crippen LogP contribution in [0.4, 0.5) is 0 Å². The summed E-state index contributed by atoms with van der Waals surface area (Å²) in [6.07, 6.45) is 1.90. The van der Waals surface area contributed by atoms with Gasteiger partial charge in [-0.25, -0.2) is 0 Å². The third-order valence-electron chi connectivity index (χ3n) is 5.74. The monoisotopic (exact) mass is 365 g/mol. The number of carbonyl (C=O) groups excluding carboxylic acids is 1. The number of hydrogen-bond donors (Lipinski definition) is 0. The van der Waals surface area contributed by atoms with Gasteiger partial charge in [0.15, 0.2) is 11.6 Å². The molecule has 0 aromatic heterocycles. The van der Waals surface area contributed by atoms with Crippen LogP contribution in [0.3, 0.4) is 0 Å². The summed E-state index contributed by atoms with van der Waals surface area (Å²) in [4.78, 5) is 15.0. The second-order valence-electron chi connectivity index (χ2n) is 7.63. The van der Waals surface area contributed by atoms with Crippen molar-refractivity contribution in [2.24, 2.45) is 0 Å². The van der Waals surface area contributed by atoms with Gasteiger partial charge in [-0.2, -0.15) is 0 Å². The van der Waals surface area contributed by atoms with Crippen molar-refractivity contribution in [3.63, 3.8) is 0 Å². The van der Waals surface area contributed by atoms with Crippen molar-refractivity contribution in [3.05, 3.63) is 71.3 Å². The van der Waals surface area contributed by atoms with Crippen molar-refractivity contribution in [1.82, 2.24) is 4.90 Å². The Morgan fingerprint density at radius 2 is 1.56 bits per heavy atom. The van der Waals surface area contributed by atoms with Crippen molar-refractivity contribution in [1.29, 1.82) is 0 Å². The molecular weight excluding hydrogens is 338 g/mol. The molecule has 4 heteroatoms. The number of piperidine rings is 1. The number of carbonyl (C=O) groups is 1. The average molecular weight is 365 g/mol. The molecule has 2 saturated heterocycles. The summed E-state index contributed by atoms with van der Waals surface area (Å²) in [6.45, 7) is 6.74. The van der Waals surface area contributed by atoms with Crippen LogP contribution in [0, 0.1) is 0 Å². The second-order valence-corrected chi connectivity index (χ2v) is 7.63. The molecule has 2 aromatic rings. The van der Waals surface area contributed by atoms with Crippen molar-refractivity contribution < 1.29 is 14.3 Å². The number of hydrogen-bond acceptors (Lipinski definition) is 4. The summed E-state index contributed by atoms with van der Waals surface area (Å²) in [5, 5.41) is 0. The number of rotatable bonds is 5. The Hall–Kier alpha value is -2.01. The van der Waals surface area contributed by atoms with E-state index < -0.39 is 0 Å². The Kier molecular flexibility index (Phi) is 5.39. The number of likely N-dealkylation sites (tertiary alicyclic amines) is 1. The van der Waals surface area contributed by atoms with Gasteiger partial charge in [0.05, 0.1) is 13.2 Å². The van der Waals surface area contributed by atoms with Gasteiger partial charge in [0.2, 0.25) is 0 Å². The van der Waals surface area contributed by atoms with Gasteiger partial charge in [-0.05, 0) is 11.5 Å². The van der Waals surface area contributed by atoms with E-state index >= 15 is 0 Å². The van der Waals surface area contributed by atoms with Crippen LogP contribution in [0.2, 0.25) is 0 Å². The Balaban J connectivity index is 1.34. The van der Waals surface area contributed by atoms with Gasteiger partial charge < -0.3 is 14.4 Å². The van der Waals surface area contributed by atoms with Crippen LogP contribution in [-0.2, 0) is 9.47 Å². The topological polar surface area (TPSA) is 38.8 Å². The highest BCUT2D eigenvalue weighted by Crippen LogP contribution is 2.32. The highest BCUT2D eigenvalue weighted by atomic mass is 16.7. The van der Waals surface area contributed by atoms with Crippen LogP contribution in [0.1, 0.15) is 47.2 Å². The predicted octanol–water partition coefficient (Wildman–Crippen LogP) is 3.86. The summed E-state index contributed by atoms with van der Waals surface area (Å²) >= 11 is 0. The molecule has 4 nitrogen and oxygen atoms in total. The molecule has 142 valence electrons. The van der Waals surface area contributed by atoms with Gasteiger partial charge >= 0.3 is 0 Å². The average Bonchev–Trinajstić information content (AvgIpc) is 3.18. The smallest absolute Gasteiger partial charge is 0.193 e. The third kappa shape index (κ3) is 4.13. The first-order valence-corrected chi connectivity index (χ1v) is 9.85. The van der Waals surface area contributed by atoms with Crippen LogP contribution in [-0.4, -0.2) is 49.3 Å². The molecule has 0 saturated carbocycles. The van der Waals surface area contributed by atoms with Gasteiger partial charge in [0.1, 0.15) is 0 Å². The van der Waals surface area contributed by atoms with E-state index in [9.17, 15) is 4.79 Å². The van der Waals surface area contributed by atoms with Crippen molar-refractivity contribution in [2.45, 2.75) is 31.5 Å². The fraction of sp³-hybridized carbons (Fsp3) is 0.435. The molecule has 0 N–H and O–H groups in total. The van der Waals surface area contributed by atoms with E-state index in [2.05, 4.69) is 24.0 Å². The lowest BCUT2D eigenvalue weighted by molar-refractivity contribution is -0.185. The molecular formula is C23H27NO3. The molecule has 0 bridgehead atoms. The summed E-state index contributed by atoms with van der Waals surface area (Å²) in [6, 6.07) is 17.5. The molecule has 2 aliphatic heterocycles. The zero-order valence-corrected chi connectivity index (χ0v) is 15.9. The largest absolute Gasteiger partial charge is 0.347 e. The highest BCUT2D eigenvalue weighted by molar-refractivity contribution is 6.08. The molecule has 0 aliphatic carbocycles. The SMILES string of the molecule is CC(CN1CCC2(CC1)OCCO2)c1ccc(C(=O)c2ccccc2)cc1. The molecule has 2 aliphatic rings. The van der Waals surface area contributed by atoms with Crippen molar-refractivity contribution in [2.75, 3.05) is 32.8 Å². The Labute approximate surface area is 161 Å². The minimum atomic E-state index is -0.306. The first-order chi connectivity index (χ1) is 13.2. The summed E-state index contributed by atoms with van der Waals surface area (Å²) < 4.78 is 11.6. The summed E-state index contributed by atoms with van der Waals surface area (Å²) in [7, 11) is 0. The van der Waals surface area contributed by atoms with Gasteiger partial charge in [-0.3, -0.25) is 4.79 Å².